The third-order valence-electron chi connectivity index (χ3n) is 4.90. The van der Waals surface area contributed by atoms with Crippen LogP contribution in [0.15, 0.2) is 42.6 Å². The maximum absolute atomic E-state index is 12.8. The molecule has 1 amide bonds. The van der Waals surface area contributed by atoms with Crippen LogP contribution in [0.2, 0.25) is 0 Å². The molecule has 7 nitrogen and oxygen atoms in total. The maximum Gasteiger partial charge on any atom is 0.274 e. The molecule has 2 aromatic heterocycles. The molecule has 1 aliphatic rings. The molecule has 1 aromatic carbocycles. The van der Waals surface area contributed by atoms with E-state index in [1.807, 2.05) is 49.3 Å². The molecule has 1 aliphatic heterocycles. The van der Waals surface area contributed by atoms with Crippen LogP contribution in [0, 0.1) is 0 Å². The van der Waals surface area contributed by atoms with Gasteiger partial charge in [-0.3, -0.25) is 4.79 Å². The van der Waals surface area contributed by atoms with E-state index in [1.165, 1.54) is 6.42 Å². The van der Waals surface area contributed by atoms with E-state index >= 15 is 0 Å². The number of fused-ring (bicyclic) bond motifs is 1. The first kappa shape index (κ1) is 18.2. The van der Waals surface area contributed by atoms with Gasteiger partial charge in [0.1, 0.15) is 11.4 Å². The van der Waals surface area contributed by atoms with Crippen molar-refractivity contribution in [2.24, 2.45) is 0 Å². The fraction of sp³-hybridized carbons (Fsp3) is 0.333. The topological polar surface area (TPSA) is 74.2 Å². The summed E-state index contributed by atoms with van der Waals surface area (Å²) in [6, 6.07) is 11.4. The van der Waals surface area contributed by atoms with Crippen molar-refractivity contribution in [3.8, 4) is 0 Å². The molecule has 28 heavy (non-hydrogen) atoms. The Morgan fingerprint density at radius 2 is 1.82 bits per heavy atom. The molecule has 0 unspecified atom stereocenters. The second kappa shape index (κ2) is 7.80. The zero-order valence-corrected chi connectivity index (χ0v) is 16.2. The number of anilines is 3. The lowest BCUT2D eigenvalue weighted by Crippen LogP contribution is -2.31. The number of amides is 1. The first-order chi connectivity index (χ1) is 13.6. The molecule has 0 atom stereocenters. The Morgan fingerprint density at radius 1 is 1.04 bits per heavy atom. The van der Waals surface area contributed by atoms with Crippen LogP contribution in [0.1, 0.15) is 29.8 Å². The highest BCUT2D eigenvalue weighted by molar-refractivity contribution is 6.05. The second-order valence-electron chi connectivity index (χ2n) is 7.19. The van der Waals surface area contributed by atoms with Gasteiger partial charge in [-0.1, -0.05) is 24.3 Å². The lowest BCUT2D eigenvalue weighted by molar-refractivity contribution is 0.102. The minimum Gasteiger partial charge on any atom is -0.361 e. The van der Waals surface area contributed by atoms with E-state index in [0.29, 0.717) is 23.1 Å². The quantitative estimate of drug-likeness (QED) is 0.753. The number of rotatable bonds is 4. The zero-order valence-electron chi connectivity index (χ0n) is 16.2. The average molecular weight is 376 g/mol. The summed E-state index contributed by atoms with van der Waals surface area (Å²) in [5.41, 5.74) is 1.73. The highest BCUT2D eigenvalue weighted by atomic mass is 16.1. The van der Waals surface area contributed by atoms with Crippen LogP contribution < -0.4 is 15.1 Å². The molecule has 7 heteroatoms. The SMILES string of the molecule is CN(C)c1nc(N2CCCCC2)ncc1NC(=O)c1ccc2ccccc2n1. The number of para-hydroxylation sites is 1. The van der Waals surface area contributed by atoms with Gasteiger partial charge in [-0.05, 0) is 31.4 Å². The summed E-state index contributed by atoms with van der Waals surface area (Å²) in [6.07, 6.45) is 5.26. The van der Waals surface area contributed by atoms with Crippen LogP contribution in [0.3, 0.4) is 0 Å². The monoisotopic (exact) mass is 376 g/mol. The van der Waals surface area contributed by atoms with Gasteiger partial charge in [-0.2, -0.15) is 4.98 Å². The van der Waals surface area contributed by atoms with Crippen LogP contribution in [-0.2, 0) is 0 Å². The maximum atomic E-state index is 12.8. The number of benzene rings is 1. The van der Waals surface area contributed by atoms with Crippen molar-refractivity contribution in [3.05, 3.63) is 48.3 Å². The standard InChI is InChI=1S/C21H24N6O/c1-26(2)19-18(14-22-21(25-19)27-12-6-3-7-13-27)24-20(28)17-11-10-15-8-4-5-9-16(15)23-17/h4-5,8-11,14H,3,6-7,12-13H2,1-2H3,(H,24,28). The van der Waals surface area contributed by atoms with Crippen molar-refractivity contribution < 1.29 is 4.79 Å². The predicted octanol–water partition coefficient (Wildman–Crippen LogP) is 3.33. The van der Waals surface area contributed by atoms with Crippen LogP contribution in [0.25, 0.3) is 10.9 Å². The van der Waals surface area contributed by atoms with Crippen LogP contribution in [0.4, 0.5) is 17.5 Å². The Bertz CT molecular complexity index is 997. The Hall–Kier alpha value is -3.22. The number of piperidine rings is 1. The number of carbonyl (C=O) groups excluding carboxylic acids is 1. The molecule has 0 aliphatic carbocycles. The lowest BCUT2D eigenvalue weighted by atomic mass is 10.1. The van der Waals surface area contributed by atoms with E-state index in [2.05, 4.69) is 20.2 Å². The van der Waals surface area contributed by atoms with E-state index < -0.39 is 0 Å². The molecule has 1 fully saturated rings. The van der Waals surface area contributed by atoms with Gasteiger partial charge >= 0.3 is 0 Å². The summed E-state index contributed by atoms with van der Waals surface area (Å²) in [5, 5.41) is 3.92. The fourth-order valence-corrected chi connectivity index (χ4v) is 3.42. The molecule has 0 radical (unpaired) electrons. The Kier molecular flexibility index (Phi) is 5.06. The fourth-order valence-electron chi connectivity index (χ4n) is 3.42. The molecule has 4 rings (SSSR count). The van der Waals surface area contributed by atoms with Gasteiger partial charge in [0.05, 0.1) is 11.7 Å². The van der Waals surface area contributed by atoms with Crippen LogP contribution >= 0.6 is 0 Å². The Morgan fingerprint density at radius 3 is 2.61 bits per heavy atom. The van der Waals surface area contributed by atoms with Crippen molar-refractivity contribution in [2.75, 3.05) is 42.3 Å². The highest BCUT2D eigenvalue weighted by Crippen LogP contribution is 2.25. The van der Waals surface area contributed by atoms with Crippen molar-refractivity contribution in [2.45, 2.75) is 19.3 Å². The molecule has 3 aromatic rings. The minimum absolute atomic E-state index is 0.275. The van der Waals surface area contributed by atoms with Crippen molar-refractivity contribution in [3.63, 3.8) is 0 Å². The number of carbonyl (C=O) groups is 1. The lowest BCUT2D eigenvalue weighted by Gasteiger charge is -2.28. The molecule has 0 bridgehead atoms. The number of nitrogens with one attached hydrogen (secondary N) is 1. The van der Waals surface area contributed by atoms with Crippen LogP contribution in [0.5, 0.6) is 0 Å². The number of nitrogens with zero attached hydrogens (tertiary/aromatic N) is 5. The normalized spacial score (nSPS) is 14.1. The highest BCUT2D eigenvalue weighted by Gasteiger charge is 2.18. The molecule has 1 saturated heterocycles. The van der Waals surface area contributed by atoms with Gasteiger partial charge in [0.15, 0.2) is 5.82 Å². The first-order valence-electron chi connectivity index (χ1n) is 9.58. The minimum atomic E-state index is -0.275. The third-order valence-corrected chi connectivity index (χ3v) is 4.90. The molecular weight excluding hydrogens is 352 g/mol. The summed E-state index contributed by atoms with van der Waals surface area (Å²) < 4.78 is 0. The summed E-state index contributed by atoms with van der Waals surface area (Å²) in [6.45, 7) is 1.94. The van der Waals surface area contributed by atoms with Gasteiger partial charge in [0.25, 0.3) is 5.91 Å². The van der Waals surface area contributed by atoms with E-state index in [1.54, 1.807) is 12.3 Å². The van der Waals surface area contributed by atoms with E-state index in [-0.39, 0.29) is 5.91 Å². The van der Waals surface area contributed by atoms with Crippen molar-refractivity contribution in [1.29, 1.82) is 0 Å². The van der Waals surface area contributed by atoms with Gasteiger partial charge in [0.2, 0.25) is 5.95 Å². The third kappa shape index (κ3) is 3.74. The molecular formula is C21H24N6O. The van der Waals surface area contributed by atoms with Gasteiger partial charge in [-0.15, -0.1) is 0 Å². The van der Waals surface area contributed by atoms with Gasteiger partial charge in [0, 0.05) is 32.6 Å². The summed E-state index contributed by atoms with van der Waals surface area (Å²) >= 11 is 0. The number of pyridine rings is 1. The summed E-state index contributed by atoms with van der Waals surface area (Å²) in [7, 11) is 3.82. The van der Waals surface area contributed by atoms with E-state index in [0.717, 1.165) is 36.8 Å². The second-order valence-corrected chi connectivity index (χ2v) is 7.19. The average Bonchev–Trinajstić information content (AvgIpc) is 2.74. The molecule has 0 spiro atoms. The zero-order chi connectivity index (χ0) is 19.5. The van der Waals surface area contributed by atoms with E-state index in [4.69, 9.17) is 4.98 Å². The first-order valence-corrected chi connectivity index (χ1v) is 9.58. The smallest absolute Gasteiger partial charge is 0.274 e. The van der Waals surface area contributed by atoms with Crippen molar-refractivity contribution >= 4 is 34.3 Å². The number of hydrogen-bond donors (Lipinski definition) is 1. The summed E-state index contributed by atoms with van der Waals surface area (Å²) in [4.78, 5) is 30.5. The van der Waals surface area contributed by atoms with E-state index in [9.17, 15) is 4.79 Å². The van der Waals surface area contributed by atoms with Crippen LogP contribution in [-0.4, -0.2) is 48.0 Å². The molecule has 1 N–H and O–H groups in total. The Labute approximate surface area is 164 Å². The molecule has 3 heterocycles. The number of aromatic nitrogens is 3. The summed E-state index contributed by atoms with van der Waals surface area (Å²) in [5.74, 6) is 1.12. The largest absolute Gasteiger partial charge is 0.361 e. The van der Waals surface area contributed by atoms with Crippen molar-refractivity contribution in [1.82, 2.24) is 15.0 Å². The molecule has 144 valence electrons. The number of hydrogen-bond acceptors (Lipinski definition) is 6. The van der Waals surface area contributed by atoms with Gasteiger partial charge < -0.3 is 15.1 Å². The van der Waals surface area contributed by atoms with Gasteiger partial charge in [-0.25, -0.2) is 9.97 Å². The molecule has 0 saturated carbocycles. The Balaban J connectivity index is 1.59. The predicted molar refractivity (Wildman–Crippen MR) is 112 cm³/mol.